The molecule has 0 spiro atoms. The highest BCUT2D eigenvalue weighted by Gasteiger charge is 2.70. The van der Waals surface area contributed by atoms with Gasteiger partial charge >= 0.3 is 0 Å². The van der Waals surface area contributed by atoms with E-state index in [9.17, 15) is 14.7 Å². The van der Waals surface area contributed by atoms with Crippen LogP contribution < -0.4 is 19.3 Å². The molecule has 0 bridgehead atoms. The van der Waals surface area contributed by atoms with Crippen molar-refractivity contribution in [1.29, 1.82) is 0 Å². The zero-order chi connectivity index (χ0) is 41.2. The number of carbonyl (C=O) groups excluding carboxylic acids is 4. The molecule has 1 N–H and O–H groups in total. The zero-order valence-corrected chi connectivity index (χ0v) is 33.4. The Kier molecular flexibility index (Phi) is 9.51. The number of hydrogen-bond donors (Lipinski definition) is 1. The number of amides is 4. The van der Waals surface area contributed by atoms with Crippen LogP contribution in [-0.2, 0) is 24.6 Å². The maximum absolute atomic E-state index is 15.4. The SMILES string of the molecule is COc1ccc(OC)c(C=Cc2ccc(N3C(=O)C4CC=C5C(CC6C(=O)N(c7cccc(Cl)c7)C(=O)C6(c6ccccc6)C5c5cccc(C)c5O)C4C3=O)cc2)c1. The third-order valence-corrected chi connectivity index (χ3v) is 13.0. The maximum Gasteiger partial charge on any atom is 0.246 e. The van der Waals surface area contributed by atoms with Crippen molar-refractivity contribution in [1.82, 2.24) is 0 Å². The molecule has 5 aromatic rings. The Balaban J connectivity index is 1.12. The summed E-state index contributed by atoms with van der Waals surface area (Å²) in [5.74, 6) is -3.87. The van der Waals surface area contributed by atoms with Gasteiger partial charge in [-0.25, -0.2) is 4.90 Å². The van der Waals surface area contributed by atoms with Crippen LogP contribution in [0.5, 0.6) is 17.2 Å². The molecule has 2 aliphatic carbocycles. The van der Waals surface area contributed by atoms with Crippen molar-refractivity contribution in [3.05, 3.63) is 160 Å². The number of methoxy groups -OCH3 is 2. The molecule has 0 radical (unpaired) electrons. The summed E-state index contributed by atoms with van der Waals surface area (Å²) in [5.41, 5.74) is 3.50. The van der Waals surface area contributed by atoms with Crippen molar-refractivity contribution in [3.63, 3.8) is 0 Å². The highest BCUT2D eigenvalue weighted by atomic mass is 35.5. The highest BCUT2D eigenvalue weighted by Crippen LogP contribution is 2.65. The number of hydrogen-bond acceptors (Lipinski definition) is 7. The molecule has 59 heavy (non-hydrogen) atoms. The predicted octanol–water partition coefficient (Wildman–Crippen LogP) is 8.91. The van der Waals surface area contributed by atoms with E-state index >= 15 is 9.59 Å². The molecule has 4 amide bonds. The molecule has 1 saturated carbocycles. The molecule has 0 aromatic heterocycles. The van der Waals surface area contributed by atoms with Crippen LogP contribution in [0, 0.1) is 30.6 Å². The molecular formula is C49H41ClN2O7. The topological polar surface area (TPSA) is 113 Å². The molecule has 9 nitrogen and oxygen atoms in total. The first-order valence-corrected chi connectivity index (χ1v) is 20.0. The summed E-state index contributed by atoms with van der Waals surface area (Å²) in [6, 6.07) is 34.2. The van der Waals surface area contributed by atoms with Crippen LogP contribution in [0.2, 0.25) is 5.02 Å². The number of rotatable bonds is 8. The third kappa shape index (κ3) is 5.89. The van der Waals surface area contributed by atoms with Gasteiger partial charge in [-0.15, -0.1) is 0 Å². The monoisotopic (exact) mass is 804 g/mol. The molecule has 9 rings (SSSR count). The highest BCUT2D eigenvalue weighted by molar-refractivity contribution is 6.32. The number of aromatic hydroxyl groups is 1. The number of anilines is 2. The second-order valence-corrected chi connectivity index (χ2v) is 16.1. The number of benzene rings is 5. The number of para-hydroxylation sites is 1. The summed E-state index contributed by atoms with van der Waals surface area (Å²) in [5, 5.41) is 12.2. The van der Waals surface area contributed by atoms with Crippen LogP contribution in [0.4, 0.5) is 11.4 Å². The summed E-state index contributed by atoms with van der Waals surface area (Å²) < 4.78 is 10.9. The van der Waals surface area contributed by atoms with Crippen LogP contribution in [0.3, 0.4) is 0 Å². The van der Waals surface area contributed by atoms with Crippen molar-refractivity contribution in [2.75, 3.05) is 24.0 Å². The lowest BCUT2D eigenvalue weighted by Gasteiger charge is -2.50. The van der Waals surface area contributed by atoms with Gasteiger partial charge in [-0.2, -0.15) is 0 Å². The van der Waals surface area contributed by atoms with E-state index in [0.29, 0.717) is 44.6 Å². The average Bonchev–Trinajstić information content (AvgIpc) is 3.65. The van der Waals surface area contributed by atoms with Gasteiger partial charge in [-0.05, 0) is 90.9 Å². The van der Waals surface area contributed by atoms with Crippen LogP contribution in [0.1, 0.15) is 46.6 Å². The van der Waals surface area contributed by atoms with Gasteiger partial charge < -0.3 is 14.6 Å². The number of phenolic OH excluding ortho intramolecular Hbond substituents is 1. The summed E-state index contributed by atoms with van der Waals surface area (Å²) in [6.45, 7) is 1.80. The molecule has 6 atom stereocenters. The second-order valence-electron chi connectivity index (χ2n) is 15.7. The largest absolute Gasteiger partial charge is 0.507 e. The van der Waals surface area contributed by atoms with E-state index in [4.69, 9.17) is 21.1 Å². The fourth-order valence-corrected chi connectivity index (χ4v) is 10.3. The van der Waals surface area contributed by atoms with Crippen LogP contribution in [0.25, 0.3) is 12.2 Å². The number of fused-ring (bicyclic) bond motifs is 4. The van der Waals surface area contributed by atoms with E-state index in [-0.39, 0.29) is 30.4 Å². The van der Waals surface area contributed by atoms with E-state index < -0.39 is 46.8 Å². The van der Waals surface area contributed by atoms with Crippen LogP contribution in [0.15, 0.2) is 127 Å². The first-order chi connectivity index (χ1) is 28.6. The Morgan fingerprint density at radius 3 is 2.24 bits per heavy atom. The molecule has 5 aromatic carbocycles. The fourth-order valence-electron chi connectivity index (χ4n) is 10.1. The number of allylic oxidation sites excluding steroid dienone is 2. The van der Waals surface area contributed by atoms with Gasteiger partial charge in [0, 0.05) is 22.1 Å². The van der Waals surface area contributed by atoms with E-state index in [1.807, 2.05) is 85.0 Å². The van der Waals surface area contributed by atoms with Crippen molar-refractivity contribution < 1.29 is 33.8 Å². The Bertz CT molecular complexity index is 2600. The molecular weight excluding hydrogens is 764 g/mol. The number of halogens is 1. The van der Waals surface area contributed by atoms with E-state index in [2.05, 4.69) is 0 Å². The van der Waals surface area contributed by atoms with E-state index in [0.717, 1.165) is 16.7 Å². The van der Waals surface area contributed by atoms with Crippen molar-refractivity contribution >= 4 is 58.8 Å². The predicted molar refractivity (Wildman–Crippen MR) is 226 cm³/mol. The normalized spacial score (nSPS) is 24.9. The molecule has 6 unspecified atom stereocenters. The molecule has 4 aliphatic rings. The van der Waals surface area contributed by atoms with Crippen molar-refractivity contribution in [2.45, 2.75) is 31.1 Å². The number of ether oxygens (including phenoxy) is 2. The van der Waals surface area contributed by atoms with Crippen molar-refractivity contribution in [3.8, 4) is 17.2 Å². The van der Waals surface area contributed by atoms with Gasteiger partial charge in [0.25, 0.3) is 0 Å². The van der Waals surface area contributed by atoms with Gasteiger partial charge in [0.15, 0.2) is 0 Å². The first-order valence-electron chi connectivity index (χ1n) is 19.6. The summed E-state index contributed by atoms with van der Waals surface area (Å²) in [7, 11) is 3.21. The number of imide groups is 2. The quantitative estimate of drug-likeness (QED) is 0.0947. The van der Waals surface area contributed by atoms with Crippen molar-refractivity contribution in [2.24, 2.45) is 23.7 Å². The zero-order valence-electron chi connectivity index (χ0n) is 32.7. The number of aryl methyl sites for hydroxylation is 1. The van der Waals surface area contributed by atoms with Gasteiger partial charge in [-0.3, -0.25) is 24.1 Å². The standard InChI is InChI=1S/C49H41ClN2O7/c1-28-9-7-14-38(44(28)53)43-36-22-23-37-42(47(56)51(45(37)54)33-19-16-29(17-20-33)15-18-30-25-35(58-2)21-24-41(30)59-3)39(36)27-40-46(55)52(34-13-8-12-32(50)26-34)48(57)49(40,43)31-10-5-4-6-11-31/h4-22,24-26,37,39-40,42-43,53H,23,27H2,1-3H3. The lowest BCUT2D eigenvalue weighted by Crippen LogP contribution is -2.53. The van der Waals surface area contributed by atoms with Gasteiger partial charge in [0.05, 0.1) is 48.8 Å². The summed E-state index contributed by atoms with van der Waals surface area (Å²) >= 11 is 6.43. The number of nitrogens with zero attached hydrogens (tertiary/aromatic N) is 2. The van der Waals surface area contributed by atoms with Gasteiger partial charge in [-0.1, -0.05) is 102 Å². The number of carbonyl (C=O) groups is 4. The maximum atomic E-state index is 15.4. The Labute approximate surface area is 347 Å². The minimum Gasteiger partial charge on any atom is -0.507 e. The first kappa shape index (κ1) is 38.1. The minimum absolute atomic E-state index is 0.0196. The lowest BCUT2D eigenvalue weighted by molar-refractivity contribution is -0.127. The summed E-state index contributed by atoms with van der Waals surface area (Å²) in [6.07, 6.45) is 6.23. The molecule has 2 heterocycles. The Morgan fingerprint density at radius 2 is 1.51 bits per heavy atom. The molecule has 2 saturated heterocycles. The molecule has 3 fully saturated rings. The number of phenols is 1. The van der Waals surface area contributed by atoms with E-state index in [1.54, 1.807) is 69.7 Å². The Morgan fingerprint density at radius 1 is 0.746 bits per heavy atom. The lowest BCUT2D eigenvalue weighted by atomic mass is 9.49. The minimum atomic E-state index is -1.48. The summed E-state index contributed by atoms with van der Waals surface area (Å²) in [4.78, 5) is 62.1. The van der Waals surface area contributed by atoms with Gasteiger partial charge in [0.1, 0.15) is 17.2 Å². The van der Waals surface area contributed by atoms with E-state index in [1.165, 1.54) is 9.80 Å². The fraction of sp³-hybridized carbons (Fsp3) is 0.224. The van der Waals surface area contributed by atoms with Crippen LogP contribution in [-0.4, -0.2) is 43.0 Å². The smallest absolute Gasteiger partial charge is 0.246 e. The molecule has 10 heteroatoms. The second kappa shape index (κ2) is 14.7. The van der Waals surface area contributed by atoms with Gasteiger partial charge in [0.2, 0.25) is 23.6 Å². The average molecular weight is 805 g/mol. The molecule has 296 valence electrons. The van der Waals surface area contributed by atoms with Crippen LogP contribution >= 0.6 is 11.6 Å². The third-order valence-electron chi connectivity index (χ3n) is 12.8. The Hall–Kier alpha value is -6.45. The molecule has 2 aliphatic heterocycles.